The molecule has 0 atom stereocenters. The molecule has 0 radical (unpaired) electrons. The third kappa shape index (κ3) is 4.94. The predicted octanol–water partition coefficient (Wildman–Crippen LogP) is 3.31. The molecule has 3 aromatic rings. The third-order valence-corrected chi connectivity index (χ3v) is 4.35. The first-order valence-corrected chi connectivity index (χ1v) is 8.80. The van der Waals surface area contributed by atoms with Gasteiger partial charge in [-0.25, -0.2) is 0 Å². The lowest BCUT2D eigenvalue weighted by atomic mass is 10.1. The topological polar surface area (TPSA) is 56.9 Å². The number of H-pyrrole nitrogens is 1. The van der Waals surface area contributed by atoms with E-state index in [0.29, 0.717) is 19.5 Å². The number of hydrogen-bond acceptors (Lipinski definition) is 2. The highest BCUT2D eigenvalue weighted by atomic mass is 16.1. The number of carbonyl (C=O) groups excluding carboxylic acids is 1. The average molecular weight is 335 g/mol. The molecule has 2 aromatic carbocycles. The van der Waals surface area contributed by atoms with E-state index < -0.39 is 0 Å². The van der Waals surface area contributed by atoms with Crippen molar-refractivity contribution in [1.29, 1.82) is 0 Å². The van der Waals surface area contributed by atoms with Gasteiger partial charge in [-0.15, -0.1) is 0 Å². The normalized spacial score (nSPS) is 10.9. The van der Waals surface area contributed by atoms with Gasteiger partial charge in [-0.3, -0.25) is 4.79 Å². The van der Waals surface area contributed by atoms with Gasteiger partial charge in [-0.2, -0.15) is 0 Å². The summed E-state index contributed by atoms with van der Waals surface area (Å²) >= 11 is 0. The highest BCUT2D eigenvalue weighted by Crippen LogP contribution is 2.17. The Kier molecular flexibility index (Phi) is 5.86. The number of para-hydroxylation sites is 1. The maximum Gasteiger partial charge on any atom is 0.221 e. The number of aromatic nitrogens is 1. The van der Waals surface area contributed by atoms with E-state index in [9.17, 15) is 4.79 Å². The zero-order valence-electron chi connectivity index (χ0n) is 14.6. The molecule has 0 aliphatic rings. The van der Waals surface area contributed by atoms with Crippen molar-refractivity contribution in [3.63, 3.8) is 0 Å². The summed E-state index contributed by atoms with van der Waals surface area (Å²) in [7, 11) is 0. The number of aryl methyl sites for hydroxylation is 1. The minimum atomic E-state index is 0.0844. The van der Waals surface area contributed by atoms with E-state index in [1.54, 1.807) is 0 Å². The monoisotopic (exact) mass is 335 g/mol. The van der Waals surface area contributed by atoms with E-state index in [1.807, 2.05) is 18.2 Å². The van der Waals surface area contributed by atoms with Crippen LogP contribution in [0.3, 0.4) is 0 Å². The molecule has 0 bridgehead atoms. The maximum atomic E-state index is 11.9. The molecule has 4 heteroatoms. The molecule has 0 saturated carbocycles. The molecule has 0 saturated heterocycles. The molecule has 130 valence electrons. The molecule has 3 rings (SSSR count). The largest absolute Gasteiger partial charge is 0.361 e. The SMILES string of the molecule is Cc1cccc(CNC(=O)CCNCCc2c[nH]c3ccccc23)c1. The van der Waals surface area contributed by atoms with Crippen LogP contribution in [0.2, 0.25) is 0 Å². The number of fused-ring (bicyclic) bond motifs is 1. The summed E-state index contributed by atoms with van der Waals surface area (Å²) in [5.41, 5.74) is 4.84. The van der Waals surface area contributed by atoms with E-state index in [1.165, 1.54) is 22.0 Å². The lowest BCUT2D eigenvalue weighted by Gasteiger charge is -2.07. The zero-order valence-corrected chi connectivity index (χ0v) is 14.6. The Morgan fingerprint density at radius 3 is 2.84 bits per heavy atom. The molecular weight excluding hydrogens is 310 g/mol. The molecule has 1 aromatic heterocycles. The molecule has 0 unspecified atom stereocenters. The van der Waals surface area contributed by atoms with Gasteiger partial charge in [0.1, 0.15) is 0 Å². The first kappa shape index (κ1) is 17.2. The fourth-order valence-electron chi connectivity index (χ4n) is 3.00. The van der Waals surface area contributed by atoms with Crippen molar-refractivity contribution < 1.29 is 4.79 Å². The van der Waals surface area contributed by atoms with E-state index in [-0.39, 0.29) is 5.91 Å². The molecule has 1 amide bonds. The number of carbonyl (C=O) groups is 1. The molecule has 25 heavy (non-hydrogen) atoms. The highest BCUT2D eigenvalue weighted by Gasteiger charge is 2.04. The molecule has 0 aliphatic carbocycles. The van der Waals surface area contributed by atoms with E-state index >= 15 is 0 Å². The van der Waals surface area contributed by atoms with Crippen LogP contribution < -0.4 is 10.6 Å². The van der Waals surface area contributed by atoms with Crippen LogP contribution in [0.4, 0.5) is 0 Å². The summed E-state index contributed by atoms with van der Waals surface area (Å²) < 4.78 is 0. The summed E-state index contributed by atoms with van der Waals surface area (Å²) in [4.78, 5) is 15.2. The molecular formula is C21H25N3O. The van der Waals surface area contributed by atoms with Gasteiger partial charge >= 0.3 is 0 Å². The smallest absolute Gasteiger partial charge is 0.221 e. The van der Waals surface area contributed by atoms with Crippen LogP contribution in [0.25, 0.3) is 10.9 Å². The zero-order chi connectivity index (χ0) is 17.5. The first-order chi connectivity index (χ1) is 12.2. The highest BCUT2D eigenvalue weighted by molar-refractivity contribution is 5.83. The van der Waals surface area contributed by atoms with Gasteiger partial charge < -0.3 is 15.6 Å². The first-order valence-electron chi connectivity index (χ1n) is 8.80. The Bertz CT molecular complexity index is 838. The molecule has 1 heterocycles. The second-order valence-electron chi connectivity index (χ2n) is 6.38. The van der Waals surface area contributed by atoms with Crippen molar-refractivity contribution in [2.75, 3.05) is 13.1 Å². The van der Waals surface area contributed by atoms with Crippen LogP contribution in [0.15, 0.2) is 54.7 Å². The van der Waals surface area contributed by atoms with Gasteiger partial charge in [-0.1, -0.05) is 48.0 Å². The van der Waals surface area contributed by atoms with E-state index in [2.05, 4.69) is 59.1 Å². The van der Waals surface area contributed by atoms with Crippen molar-refractivity contribution in [2.24, 2.45) is 0 Å². The lowest BCUT2D eigenvalue weighted by Crippen LogP contribution is -2.28. The van der Waals surface area contributed by atoms with Crippen molar-refractivity contribution in [2.45, 2.75) is 26.3 Å². The quantitative estimate of drug-likeness (QED) is 0.553. The van der Waals surface area contributed by atoms with Crippen molar-refractivity contribution in [1.82, 2.24) is 15.6 Å². The van der Waals surface area contributed by atoms with Crippen LogP contribution in [0.1, 0.15) is 23.1 Å². The summed E-state index contributed by atoms with van der Waals surface area (Å²) in [6, 6.07) is 16.5. The third-order valence-electron chi connectivity index (χ3n) is 4.35. The predicted molar refractivity (Wildman–Crippen MR) is 103 cm³/mol. The number of aromatic amines is 1. The second kappa shape index (κ2) is 8.49. The summed E-state index contributed by atoms with van der Waals surface area (Å²) in [6.45, 7) is 4.22. The van der Waals surface area contributed by atoms with Crippen LogP contribution in [-0.2, 0) is 17.8 Å². The number of hydrogen-bond donors (Lipinski definition) is 3. The van der Waals surface area contributed by atoms with Crippen LogP contribution in [-0.4, -0.2) is 24.0 Å². The van der Waals surface area contributed by atoms with Crippen LogP contribution in [0.5, 0.6) is 0 Å². The number of nitrogens with one attached hydrogen (secondary N) is 3. The Labute approximate surface area is 148 Å². The molecule has 0 spiro atoms. The summed E-state index contributed by atoms with van der Waals surface area (Å²) in [5.74, 6) is 0.0844. The molecule has 0 aliphatic heterocycles. The van der Waals surface area contributed by atoms with Crippen LogP contribution in [0, 0.1) is 6.92 Å². The van der Waals surface area contributed by atoms with Gasteiger partial charge in [0.25, 0.3) is 0 Å². The number of amides is 1. The Hall–Kier alpha value is -2.59. The number of rotatable bonds is 8. The van der Waals surface area contributed by atoms with E-state index in [0.717, 1.165) is 18.5 Å². The Morgan fingerprint density at radius 2 is 1.96 bits per heavy atom. The van der Waals surface area contributed by atoms with Gasteiger partial charge in [-0.05, 0) is 37.1 Å². The minimum Gasteiger partial charge on any atom is -0.361 e. The van der Waals surface area contributed by atoms with Gasteiger partial charge in [0, 0.05) is 36.6 Å². The number of benzene rings is 2. The van der Waals surface area contributed by atoms with Gasteiger partial charge in [0.05, 0.1) is 0 Å². The van der Waals surface area contributed by atoms with Gasteiger partial charge in [0.2, 0.25) is 5.91 Å². The summed E-state index contributed by atoms with van der Waals surface area (Å²) in [5, 5.41) is 7.60. The molecule has 3 N–H and O–H groups in total. The second-order valence-corrected chi connectivity index (χ2v) is 6.38. The van der Waals surface area contributed by atoms with Gasteiger partial charge in [0.15, 0.2) is 0 Å². The van der Waals surface area contributed by atoms with E-state index in [4.69, 9.17) is 0 Å². The van der Waals surface area contributed by atoms with Crippen molar-refractivity contribution in [3.8, 4) is 0 Å². The van der Waals surface area contributed by atoms with Crippen molar-refractivity contribution >= 4 is 16.8 Å². The fraction of sp³-hybridized carbons (Fsp3) is 0.286. The fourth-order valence-corrected chi connectivity index (χ4v) is 3.00. The molecule has 0 fully saturated rings. The minimum absolute atomic E-state index is 0.0844. The maximum absolute atomic E-state index is 11.9. The molecule has 4 nitrogen and oxygen atoms in total. The lowest BCUT2D eigenvalue weighted by molar-refractivity contribution is -0.121. The Balaban J connectivity index is 1.33. The van der Waals surface area contributed by atoms with Crippen molar-refractivity contribution in [3.05, 3.63) is 71.4 Å². The Morgan fingerprint density at radius 1 is 1.08 bits per heavy atom. The average Bonchev–Trinajstić information content (AvgIpc) is 3.03. The van der Waals surface area contributed by atoms with Crippen LogP contribution >= 0.6 is 0 Å². The standard InChI is InChI=1S/C21H25N3O/c1-16-5-4-6-17(13-16)14-24-21(25)10-12-22-11-9-18-15-23-20-8-3-2-7-19(18)20/h2-8,13,15,22-23H,9-12,14H2,1H3,(H,24,25). The summed E-state index contributed by atoms with van der Waals surface area (Å²) in [6.07, 6.45) is 3.52.